The Labute approximate surface area is 125 Å². The second-order valence-corrected chi connectivity index (χ2v) is 6.08. The van der Waals surface area contributed by atoms with Crippen LogP contribution in [-0.4, -0.2) is 36.1 Å². The highest BCUT2D eigenvalue weighted by Gasteiger charge is 2.41. The number of halogens is 1. The maximum atomic E-state index is 11.8. The highest BCUT2D eigenvalue weighted by atomic mass is 79.9. The van der Waals surface area contributed by atoms with Crippen LogP contribution < -0.4 is 10.2 Å². The third kappa shape index (κ3) is 2.18. The zero-order chi connectivity index (χ0) is 14.3. The lowest BCUT2D eigenvalue weighted by Gasteiger charge is -2.38. The van der Waals surface area contributed by atoms with Crippen LogP contribution in [0.5, 0.6) is 0 Å². The van der Waals surface area contributed by atoms with Crippen LogP contribution in [-0.2, 0) is 4.79 Å². The van der Waals surface area contributed by atoms with Crippen molar-refractivity contribution < 1.29 is 14.7 Å². The first kappa shape index (κ1) is 13.4. The Hall–Kier alpha value is -1.56. The molecular weight excluding hydrogens is 324 g/mol. The number of hydrogen-bond acceptors (Lipinski definition) is 3. The summed E-state index contributed by atoms with van der Waals surface area (Å²) in [5, 5.41) is 11.9. The van der Waals surface area contributed by atoms with Gasteiger partial charge in [-0.1, -0.05) is 0 Å². The minimum absolute atomic E-state index is 0.0507. The molecule has 2 N–H and O–H groups in total. The van der Waals surface area contributed by atoms with Gasteiger partial charge in [0.25, 0.3) is 0 Å². The summed E-state index contributed by atoms with van der Waals surface area (Å²) in [5.41, 5.74) is 1.22. The van der Waals surface area contributed by atoms with E-state index in [-0.39, 0.29) is 23.4 Å². The fourth-order valence-corrected chi connectivity index (χ4v) is 3.73. The normalized spacial score (nSPS) is 25.2. The number of aromatic carboxylic acids is 1. The molecule has 0 aromatic heterocycles. The predicted molar refractivity (Wildman–Crippen MR) is 78.0 cm³/mol. The Bertz CT molecular complexity index is 576. The van der Waals surface area contributed by atoms with Gasteiger partial charge in [-0.15, -0.1) is 0 Å². The van der Waals surface area contributed by atoms with E-state index in [4.69, 9.17) is 5.11 Å². The van der Waals surface area contributed by atoms with Crippen molar-refractivity contribution in [1.29, 1.82) is 0 Å². The smallest absolute Gasteiger partial charge is 0.335 e. The topological polar surface area (TPSA) is 69.6 Å². The number of fused-ring (bicyclic) bond motifs is 1. The van der Waals surface area contributed by atoms with Gasteiger partial charge in [0, 0.05) is 17.6 Å². The Morgan fingerprint density at radius 2 is 2.25 bits per heavy atom. The van der Waals surface area contributed by atoms with Crippen molar-refractivity contribution in [3.63, 3.8) is 0 Å². The van der Waals surface area contributed by atoms with Crippen molar-refractivity contribution in [3.8, 4) is 0 Å². The molecule has 0 spiro atoms. The van der Waals surface area contributed by atoms with Crippen molar-refractivity contribution >= 4 is 33.5 Å². The first-order valence-electron chi connectivity index (χ1n) is 6.65. The third-order valence-electron chi connectivity index (χ3n) is 4.11. The summed E-state index contributed by atoms with van der Waals surface area (Å²) in [4.78, 5) is 25.0. The molecule has 1 aromatic rings. The highest BCUT2D eigenvalue weighted by molar-refractivity contribution is 9.10. The van der Waals surface area contributed by atoms with Gasteiger partial charge < -0.3 is 15.3 Å². The Kier molecular flexibility index (Phi) is 3.41. The maximum Gasteiger partial charge on any atom is 0.335 e. The van der Waals surface area contributed by atoms with Gasteiger partial charge in [0.1, 0.15) is 0 Å². The molecule has 2 aliphatic heterocycles. The van der Waals surface area contributed by atoms with Gasteiger partial charge in [-0.25, -0.2) is 4.79 Å². The molecular formula is C14H15BrN2O3. The van der Waals surface area contributed by atoms with Gasteiger partial charge >= 0.3 is 5.97 Å². The average molecular weight is 339 g/mol. The number of amides is 1. The fourth-order valence-electron chi connectivity index (χ4n) is 3.12. The first-order chi connectivity index (χ1) is 9.58. The lowest BCUT2D eigenvalue weighted by atomic mass is 9.91. The molecule has 0 aliphatic carbocycles. The van der Waals surface area contributed by atoms with E-state index in [0.29, 0.717) is 6.54 Å². The molecule has 2 heterocycles. The third-order valence-corrected chi connectivity index (χ3v) is 4.74. The van der Waals surface area contributed by atoms with Crippen LogP contribution in [0.15, 0.2) is 22.7 Å². The van der Waals surface area contributed by atoms with Crippen molar-refractivity contribution in [3.05, 3.63) is 28.2 Å². The Morgan fingerprint density at radius 3 is 2.95 bits per heavy atom. The van der Waals surface area contributed by atoms with Crippen LogP contribution in [0.25, 0.3) is 0 Å². The number of piperidine rings is 1. The van der Waals surface area contributed by atoms with E-state index in [1.165, 1.54) is 0 Å². The van der Waals surface area contributed by atoms with E-state index in [1.807, 2.05) is 6.07 Å². The number of nitrogens with one attached hydrogen (secondary N) is 1. The molecule has 2 fully saturated rings. The summed E-state index contributed by atoms with van der Waals surface area (Å²) < 4.78 is 0.761. The van der Waals surface area contributed by atoms with E-state index < -0.39 is 5.97 Å². The second kappa shape index (κ2) is 5.09. The van der Waals surface area contributed by atoms with Gasteiger partial charge in [0.15, 0.2) is 0 Å². The maximum absolute atomic E-state index is 11.8. The number of benzene rings is 1. The van der Waals surface area contributed by atoms with E-state index in [0.717, 1.165) is 29.5 Å². The van der Waals surface area contributed by atoms with Crippen LogP contribution in [0, 0.1) is 5.92 Å². The van der Waals surface area contributed by atoms with Gasteiger partial charge in [-0.3, -0.25) is 4.79 Å². The van der Waals surface area contributed by atoms with E-state index in [2.05, 4.69) is 26.1 Å². The Morgan fingerprint density at radius 1 is 1.45 bits per heavy atom. The minimum atomic E-state index is -0.938. The molecule has 20 heavy (non-hydrogen) atoms. The van der Waals surface area contributed by atoms with Crippen LogP contribution >= 0.6 is 15.9 Å². The first-order valence-corrected chi connectivity index (χ1v) is 7.44. The van der Waals surface area contributed by atoms with E-state index >= 15 is 0 Å². The van der Waals surface area contributed by atoms with Crippen molar-refractivity contribution in [2.45, 2.75) is 18.9 Å². The molecule has 5 nitrogen and oxygen atoms in total. The monoisotopic (exact) mass is 338 g/mol. The van der Waals surface area contributed by atoms with Gasteiger partial charge in [-0.2, -0.15) is 0 Å². The second-order valence-electron chi connectivity index (χ2n) is 5.23. The van der Waals surface area contributed by atoms with Crippen LogP contribution in [0.1, 0.15) is 23.2 Å². The standard InChI is InChI=1S/C14H15BrN2O3/c15-10-6-8(14(19)20)3-4-11(10)17-5-1-2-9-12(17)7-16-13(9)18/h3-4,6,9,12H,1-2,5,7H2,(H,16,18)(H,19,20). The zero-order valence-corrected chi connectivity index (χ0v) is 12.4. The summed E-state index contributed by atoms with van der Waals surface area (Å²) in [7, 11) is 0. The number of rotatable bonds is 2. The quantitative estimate of drug-likeness (QED) is 0.863. The summed E-state index contributed by atoms with van der Waals surface area (Å²) in [6.45, 7) is 1.55. The number of carbonyl (C=O) groups excluding carboxylic acids is 1. The summed E-state index contributed by atoms with van der Waals surface area (Å²) in [6, 6.07) is 5.21. The van der Waals surface area contributed by atoms with Crippen molar-refractivity contribution in [2.24, 2.45) is 5.92 Å². The van der Waals surface area contributed by atoms with Gasteiger partial charge in [0.05, 0.1) is 23.2 Å². The molecule has 0 radical (unpaired) electrons. The van der Waals surface area contributed by atoms with Crippen LogP contribution in [0.4, 0.5) is 5.69 Å². The van der Waals surface area contributed by atoms with Gasteiger partial charge in [0.2, 0.25) is 5.91 Å². The lowest BCUT2D eigenvalue weighted by molar-refractivity contribution is -0.123. The molecule has 1 aromatic carbocycles. The van der Waals surface area contributed by atoms with Crippen LogP contribution in [0.2, 0.25) is 0 Å². The summed E-state index contributed by atoms with van der Waals surface area (Å²) in [5.74, 6) is -0.751. The highest BCUT2D eigenvalue weighted by Crippen LogP contribution is 2.35. The minimum Gasteiger partial charge on any atom is -0.478 e. The van der Waals surface area contributed by atoms with Crippen LogP contribution in [0.3, 0.4) is 0 Å². The molecule has 0 saturated carbocycles. The Balaban J connectivity index is 1.92. The SMILES string of the molecule is O=C(O)c1ccc(N2CCCC3C(=O)NCC32)c(Br)c1. The molecule has 2 saturated heterocycles. The molecule has 3 rings (SSSR count). The van der Waals surface area contributed by atoms with Crippen molar-refractivity contribution in [2.75, 3.05) is 18.0 Å². The molecule has 0 bridgehead atoms. The number of nitrogens with zero attached hydrogens (tertiary/aromatic N) is 1. The molecule has 2 unspecified atom stereocenters. The average Bonchev–Trinajstić information content (AvgIpc) is 2.81. The predicted octanol–water partition coefficient (Wildman–Crippen LogP) is 1.86. The van der Waals surface area contributed by atoms with Crippen molar-refractivity contribution in [1.82, 2.24) is 5.32 Å². The lowest BCUT2D eigenvalue weighted by Crippen LogP contribution is -2.45. The fraction of sp³-hybridized carbons (Fsp3) is 0.429. The zero-order valence-electron chi connectivity index (χ0n) is 10.8. The van der Waals surface area contributed by atoms with Gasteiger partial charge in [-0.05, 0) is 47.0 Å². The molecule has 2 atom stereocenters. The summed E-state index contributed by atoms with van der Waals surface area (Å²) in [6.07, 6.45) is 1.90. The largest absolute Gasteiger partial charge is 0.478 e. The number of hydrogen-bond donors (Lipinski definition) is 2. The molecule has 1 amide bonds. The number of carboxylic acid groups (broad SMARTS) is 1. The number of carbonyl (C=O) groups is 2. The molecule has 6 heteroatoms. The molecule has 106 valence electrons. The molecule has 2 aliphatic rings. The van der Waals surface area contributed by atoms with E-state index in [1.54, 1.807) is 12.1 Å². The number of carboxylic acids is 1. The van der Waals surface area contributed by atoms with E-state index in [9.17, 15) is 9.59 Å². The summed E-state index contributed by atoms with van der Waals surface area (Å²) >= 11 is 3.45. The number of anilines is 1.